The molecular weight excluding hydrogens is 436 g/mol. The van der Waals surface area contributed by atoms with Crippen molar-refractivity contribution in [2.24, 2.45) is 5.92 Å². The zero-order chi connectivity index (χ0) is 24.5. The van der Waals surface area contributed by atoms with Gasteiger partial charge in [0.15, 0.2) is 6.29 Å². The highest BCUT2D eigenvalue weighted by atomic mass is 16.7. The third kappa shape index (κ3) is 7.17. The SMILES string of the molecule is CCCCCOC(=O)c1ccc(C2OCC(c3ccc(C4CCC(CCC)CC4)cc3)CO2)cc1. The minimum atomic E-state index is -0.390. The van der Waals surface area contributed by atoms with Gasteiger partial charge in [-0.05, 0) is 67.2 Å². The summed E-state index contributed by atoms with van der Waals surface area (Å²) in [6.45, 7) is 6.18. The predicted octanol–water partition coefficient (Wildman–Crippen LogP) is 7.94. The number of unbranched alkanes of at least 4 members (excludes halogenated alkanes) is 2. The summed E-state index contributed by atoms with van der Waals surface area (Å²) in [6, 6.07) is 16.6. The Hall–Kier alpha value is -2.17. The van der Waals surface area contributed by atoms with Gasteiger partial charge in [0.25, 0.3) is 0 Å². The number of carbonyl (C=O) groups is 1. The summed E-state index contributed by atoms with van der Waals surface area (Å²) in [5.74, 6) is 1.64. The molecule has 0 spiro atoms. The number of ether oxygens (including phenoxy) is 3. The summed E-state index contributed by atoms with van der Waals surface area (Å²) < 4.78 is 17.5. The van der Waals surface area contributed by atoms with Crippen molar-refractivity contribution in [3.8, 4) is 0 Å². The van der Waals surface area contributed by atoms with Gasteiger partial charge in [-0.25, -0.2) is 4.79 Å². The average Bonchev–Trinajstić information content (AvgIpc) is 2.92. The van der Waals surface area contributed by atoms with E-state index in [1.807, 2.05) is 12.1 Å². The molecule has 2 aromatic rings. The van der Waals surface area contributed by atoms with Crippen molar-refractivity contribution in [2.45, 2.75) is 89.8 Å². The maximum Gasteiger partial charge on any atom is 0.338 e. The van der Waals surface area contributed by atoms with Gasteiger partial charge in [0.1, 0.15) is 0 Å². The molecule has 4 heteroatoms. The topological polar surface area (TPSA) is 44.8 Å². The van der Waals surface area contributed by atoms with Crippen LogP contribution < -0.4 is 0 Å². The summed E-state index contributed by atoms with van der Waals surface area (Å²) >= 11 is 0. The summed E-state index contributed by atoms with van der Waals surface area (Å²) in [7, 11) is 0. The van der Waals surface area contributed by atoms with E-state index in [-0.39, 0.29) is 11.9 Å². The number of benzene rings is 2. The first-order valence-electron chi connectivity index (χ1n) is 13.8. The second-order valence-electron chi connectivity index (χ2n) is 10.3. The third-order valence-electron chi connectivity index (χ3n) is 7.72. The molecule has 2 aromatic carbocycles. The van der Waals surface area contributed by atoms with Gasteiger partial charge < -0.3 is 14.2 Å². The quantitative estimate of drug-likeness (QED) is 0.257. The Bertz CT molecular complexity index is 889. The van der Waals surface area contributed by atoms with Crippen LogP contribution in [0.15, 0.2) is 48.5 Å². The summed E-state index contributed by atoms with van der Waals surface area (Å²) in [5, 5.41) is 0. The van der Waals surface area contributed by atoms with E-state index in [2.05, 4.69) is 38.1 Å². The van der Waals surface area contributed by atoms with Gasteiger partial charge >= 0.3 is 5.97 Å². The van der Waals surface area contributed by atoms with Crippen molar-refractivity contribution in [1.82, 2.24) is 0 Å². The molecule has 0 radical (unpaired) electrons. The van der Waals surface area contributed by atoms with Gasteiger partial charge in [0, 0.05) is 11.5 Å². The molecule has 0 bridgehead atoms. The van der Waals surface area contributed by atoms with Crippen LogP contribution in [0.5, 0.6) is 0 Å². The highest BCUT2D eigenvalue weighted by Gasteiger charge is 2.26. The number of carbonyl (C=O) groups excluding carboxylic acids is 1. The maximum absolute atomic E-state index is 12.2. The molecule has 0 N–H and O–H groups in total. The fourth-order valence-electron chi connectivity index (χ4n) is 5.50. The largest absolute Gasteiger partial charge is 0.462 e. The Kier molecular flexibility index (Phi) is 9.79. The molecule has 0 amide bonds. The second-order valence-corrected chi connectivity index (χ2v) is 10.3. The van der Waals surface area contributed by atoms with E-state index in [1.165, 1.54) is 49.7 Å². The molecule has 190 valence electrons. The number of hydrogen-bond acceptors (Lipinski definition) is 4. The number of rotatable bonds is 10. The molecule has 1 aliphatic carbocycles. The Labute approximate surface area is 211 Å². The van der Waals surface area contributed by atoms with Crippen molar-refractivity contribution in [3.05, 3.63) is 70.8 Å². The minimum absolute atomic E-state index is 0.248. The molecule has 2 aliphatic rings. The number of hydrogen-bond donors (Lipinski definition) is 0. The first-order valence-corrected chi connectivity index (χ1v) is 13.8. The summed E-state index contributed by atoms with van der Waals surface area (Å²) in [4.78, 5) is 12.2. The van der Waals surface area contributed by atoms with Crippen molar-refractivity contribution in [3.63, 3.8) is 0 Å². The third-order valence-corrected chi connectivity index (χ3v) is 7.72. The molecule has 2 fully saturated rings. The minimum Gasteiger partial charge on any atom is -0.462 e. The molecular formula is C31H42O4. The van der Waals surface area contributed by atoms with Crippen LogP contribution in [0.2, 0.25) is 0 Å². The Morgan fingerprint density at radius 1 is 0.771 bits per heavy atom. The Morgan fingerprint density at radius 3 is 1.97 bits per heavy atom. The van der Waals surface area contributed by atoms with E-state index in [0.717, 1.165) is 36.7 Å². The van der Waals surface area contributed by atoms with E-state index in [1.54, 1.807) is 12.1 Å². The summed E-state index contributed by atoms with van der Waals surface area (Å²) in [6.07, 6.45) is 10.8. The van der Waals surface area contributed by atoms with Gasteiger partial charge in [-0.2, -0.15) is 0 Å². The normalized spacial score (nSPS) is 24.7. The van der Waals surface area contributed by atoms with Crippen LogP contribution in [0.1, 0.15) is 117 Å². The smallest absolute Gasteiger partial charge is 0.338 e. The lowest BCUT2D eigenvalue weighted by Gasteiger charge is -2.31. The molecule has 0 aromatic heterocycles. The van der Waals surface area contributed by atoms with Crippen molar-refractivity contribution < 1.29 is 19.0 Å². The Morgan fingerprint density at radius 2 is 1.37 bits per heavy atom. The molecule has 35 heavy (non-hydrogen) atoms. The van der Waals surface area contributed by atoms with Gasteiger partial charge in [-0.15, -0.1) is 0 Å². The lowest BCUT2D eigenvalue weighted by molar-refractivity contribution is -0.191. The van der Waals surface area contributed by atoms with E-state index in [4.69, 9.17) is 14.2 Å². The van der Waals surface area contributed by atoms with Crippen LogP contribution in [0, 0.1) is 5.92 Å². The average molecular weight is 479 g/mol. The van der Waals surface area contributed by atoms with Gasteiger partial charge in [0.2, 0.25) is 0 Å². The van der Waals surface area contributed by atoms with Crippen LogP contribution in [0.3, 0.4) is 0 Å². The molecule has 4 rings (SSSR count). The van der Waals surface area contributed by atoms with E-state index in [0.29, 0.717) is 25.4 Å². The zero-order valence-corrected chi connectivity index (χ0v) is 21.5. The molecule has 4 nitrogen and oxygen atoms in total. The molecule has 0 atom stereocenters. The monoisotopic (exact) mass is 478 g/mol. The molecule has 0 unspecified atom stereocenters. The van der Waals surface area contributed by atoms with Crippen molar-refractivity contribution >= 4 is 5.97 Å². The van der Waals surface area contributed by atoms with Crippen LogP contribution in [-0.4, -0.2) is 25.8 Å². The van der Waals surface area contributed by atoms with Gasteiger partial charge in [0.05, 0.1) is 25.4 Å². The van der Waals surface area contributed by atoms with E-state index < -0.39 is 6.29 Å². The first kappa shape index (κ1) is 25.9. The maximum atomic E-state index is 12.2. The highest BCUT2D eigenvalue weighted by Crippen LogP contribution is 2.38. The van der Waals surface area contributed by atoms with E-state index in [9.17, 15) is 4.79 Å². The standard InChI is InChI=1S/C31H42O4/c1-3-5-6-20-33-30(32)27-16-18-28(19-17-27)31-34-21-29(22-35-31)26-14-12-25(13-15-26)24-10-8-23(7-4-2)9-11-24/h12-19,23-24,29,31H,3-11,20-22H2,1-2H3. The molecule has 1 heterocycles. The van der Waals surface area contributed by atoms with Crippen molar-refractivity contribution in [1.29, 1.82) is 0 Å². The second kappa shape index (κ2) is 13.2. The van der Waals surface area contributed by atoms with Crippen LogP contribution >= 0.6 is 0 Å². The highest BCUT2D eigenvalue weighted by molar-refractivity contribution is 5.89. The lowest BCUT2D eigenvalue weighted by atomic mass is 9.77. The molecule has 1 aliphatic heterocycles. The zero-order valence-electron chi connectivity index (χ0n) is 21.5. The number of esters is 1. The molecule has 1 saturated carbocycles. The fourth-order valence-corrected chi connectivity index (χ4v) is 5.50. The fraction of sp³-hybridized carbons (Fsp3) is 0.581. The van der Waals surface area contributed by atoms with Gasteiger partial charge in [-0.1, -0.05) is 75.9 Å². The Balaban J connectivity index is 1.24. The first-order chi connectivity index (χ1) is 17.2. The molecule has 1 saturated heterocycles. The lowest BCUT2D eigenvalue weighted by Crippen LogP contribution is -2.25. The van der Waals surface area contributed by atoms with Crippen molar-refractivity contribution in [2.75, 3.05) is 19.8 Å². The van der Waals surface area contributed by atoms with Gasteiger partial charge in [-0.3, -0.25) is 0 Å². The predicted molar refractivity (Wildman–Crippen MR) is 140 cm³/mol. The van der Waals surface area contributed by atoms with Crippen LogP contribution in [-0.2, 0) is 14.2 Å². The summed E-state index contributed by atoms with van der Waals surface area (Å²) in [5.41, 5.74) is 4.27. The van der Waals surface area contributed by atoms with Crippen LogP contribution in [0.4, 0.5) is 0 Å². The van der Waals surface area contributed by atoms with E-state index >= 15 is 0 Å². The van der Waals surface area contributed by atoms with Crippen LogP contribution in [0.25, 0.3) is 0 Å².